The molecule has 0 aliphatic heterocycles. The number of rotatable bonds is 4. The van der Waals surface area contributed by atoms with E-state index in [1.807, 2.05) is 0 Å². The van der Waals surface area contributed by atoms with Gasteiger partial charge in [0.25, 0.3) is 0 Å². The lowest BCUT2D eigenvalue weighted by atomic mass is 9.43. The van der Waals surface area contributed by atoms with E-state index in [0.29, 0.717) is 16.4 Å². The van der Waals surface area contributed by atoms with Crippen LogP contribution in [-0.4, -0.2) is 12.6 Å². The van der Waals surface area contributed by atoms with E-state index in [1.165, 1.54) is 44.1 Å². The summed E-state index contributed by atoms with van der Waals surface area (Å²) >= 11 is 7.25. The highest BCUT2D eigenvalue weighted by molar-refractivity contribution is 9.11. The van der Waals surface area contributed by atoms with Crippen LogP contribution in [0.1, 0.15) is 57.9 Å². The lowest BCUT2D eigenvalue weighted by Crippen LogP contribution is -2.63. The highest BCUT2D eigenvalue weighted by atomic mass is 79.9. The minimum Gasteiger partial charge on any atom is -0.494 e. The van der Waals surface area contributed by atoms with E-state index in [4.69, 9.17) is 4.74 Å². The van der Waals surface area contributed by atoms with Gasteiger partial charge in [0.1, 0.15) is 5.75 Å². The SMILES string of the molecule is COc1c(Br)cc(CNC23CC4CC(C)(CC(C)(C4)C2)C3)cc1Br. The second kappa shape index (κ2) is 5.72. The van der Waals surface area contributed by atoms with Gasteiger partial charge >= 0.3 is 0 Å². The average Bonchev–Trinajstić information content (AvgIpc) is 2.41. The van der Waals surface area contributed by atoms with Crippen LogP contribution < -0.4 is 10.1 Å². The number of ether oxygens (including phenoxy) is 1. The second-order valence-corrected chi connectivity index (χ2v) is 11.1. The van der Waals surface area contributed by atoms with E-state index in [9.17, 15) is 0 Å². The van der Waals surface area contributed by atoms with Crippen molar-refractivity contribution in [2.75, 3.05) is 7.11 Å². The predicted molar refractivity (Wildman–Crippen MR) is 105 cm³/mol. The topological polar surface area (TPSA) is 21.3 Å². The van der Waals surface area contributed by atoms with Crippen molar-refractivity contribution >= 4 is 31.9 Å². The molecule has 2 atom stereocenters. The van der Waals surface area contributed by atoms with Gasteiger partial charge < -0.3 is 10.1 Å². The molecule has 132 valence electrons. The molecule has 0 amide bonds. The molecular weight excluding hydrogens is 430 g/mol. The molecule has 0 aromatic heterocycles. The Morgan fingerprint density at radius 1 is 1.04 bits per heavy atom. The molecule has 4 bridgehead atoms. The number of benzene rings is 1. The van der Waals surface area contributed by atoms with Gasteiger partial charge in [-0.25, -0.2) is 0 Å². The molecule has 2 nitrogen and oxygen atoms in total. The van der Waals surface area contributed by atoms with Crippen LogP contribution in [0.3, 0.4) is 0 Å². The number of nitrogens with one attached hydrogen (secondary N) is 1. The molecule has 0 radical (unpaired) electrons. The highest BCUT2D eigenvalue weighted by Gasteiger charge is 2.59. The normalized spacial score (nSPS) is 40.1. The van der Waals surface area contributed by atoms with E-state index < -0.39 is 0 Å². The highest BCUT2D eigenvalue weighted by Crippen LogP contribution is 2.66. The fourth-order valence-corrected chi connectivity index (χ4v) is 8.45. The van der Waals surface area contributed by atoms with Crippen molar-refractivity contribution < 1.29 is 4.74 Å². The minimum atomic E-state index is 0.349. The summed E-state index contributed by atoms with van der Waals surface area (Å²) in [5.74, 6) is 1.80. The summed E-state index contributed by atoms with van der Waals surface area (Å²) < 4.78 is 7.45. The van der Waals surface area contributed by atoms with Crippen molar-refractivity contribution in [3.05, 3.63) is 26.6 Å². The summed E-state index contributed by atoms with van der Waals surface area (Å²) in [6, 6.07) is 4.36. The minimum absolute atomic E-state index is 0.349. The zero-order valence-corrected chi connectivity index (χ0v) is 18.0. The number of hydrogen-bond donors (Lipinski definition) is 1. The first-order chi connectivity index (χ1) is 11.2. The summed E-state index contributed by atoms with van der Waals surface area (Å²) in [6.45, 7) is 6.00. The fourth-order valence-electron chi connectivity index (χ4n) is 6.84. The lowest BCUT2D eigenvalue weighted by molar-refractivity contribution is -0.118. The van der Waals surface area contributed by atoms with E-state index in [2.05, 4.69) is 63.2 Å². The van der Waals surface area contributed by atoms with Gasteiger partial charge in [-0.2, -0.15) is 0 Å². The predicted octanol–water partition coefficient (Wildman–Crippen LogP) is 6.06. The third-order valence-electron chi connectivity index (χ3n) is 6.56. The Hall–Kier alpha value is -0.0600. The summed E-state index contributed by atoms with van der Waals surface area (Å²) in [5.41, 5.74) is 2.77. The monoisotopic (exact) mass is 455 g/mol. The quantitative estimate of drug-likeness (QED) is 0.594. The van der Waals surface area contributed by atoms with Crippen molar-refractivity contribution in [2.45, 2.75) is 64.5 Å². The van der Waals surface area contributed by atoms with Gasteiger partial charge in [0.2, 0.25) is 0 Å². The van der Waals surface area contributed by atoms with E-state index in [1.54, 1.807) is 7.11 Å². The summed E-state index contributed by atoms with van der Waals surface area (Å²) in [7, 11) is 1.71. The molecule has 4 aliphatic carbocycles. The van der Waals surface area contributed by atoms with Crippen molar-refractivity contribution in [3.63, 3.8) is 0 Å². The third-order valence-corrected chi connectivity index (χ3v) is 7.73. The summed E-state index contributed by atoms with van der Waals surface area (Å²) in [4.78, 5) is 0. The molecule has 4 heteroatoms. The Balaban J connectivity index is 1.54. The maximum Gasteiger partial charge on any atom is 0.147 e. The van der Waals surface area contributed by atoms with Crippen LogP contribution in [0.25, 0.3) is 0 Å². The smallest absolute Gasteiger partial charge is 0.147 e. The Bertz CT molecular complexity index is 633. The summed E-state index contributed by atoms with van der Waals surface area (Å²) in [6.07, 6.45) is 8.41. The van der Waals surface area contributed by atoms with E-state index >= 15 is 0 Å². The van der Waals surface area contributed by atoms with Crippen LogP contribution in [-0.2, 0) is 6.54 Å². The molecule has 0 saturated heterocycles. The van der Waals surface area contributed by atoms with Crippen molar-refractivity contribution in [1.29, 1.82) is 0 Å². The molecular formula is C20H27Br2NO. The molecule has 4 fully saturated rings. The van der Waals surface area contributed by atoms with Crippen LogP contribution in [0.5, 0.6) is 5.75 Å². The zero-order chi connectivity index (χ0) is 17.2. The zero-order valence-electron chi connectivity index (χ0n) is 14.8. The lowest BCUT2D eigenvalue weighted by Gasteiger charge is -2.65. The van der Waals surface area contributed by atoms with Crippen LogP contribution in [0.2, 0.25) is 0 Å². The number of methoxy groups -OCH3 is 1. The molecule has 1 aromatic carbocycles. The molecule has 4 saturated carbocycles. The van der Waals surface area contributed by atoms with Gasteiger partial charge in [0.15, 0.2) is 0 Å². The molecule has 0 heterocycles. The number of hydrogen-bond acceptors (Lipinski definition) is 2. The fraction of sp³-hybridized carbons (Fsp3) is 0.700. The van der Waals surface area contributed by atoms with Gasteiger partial charge in [-0.05, 0) is 105 Å². The van der Waals surface area contributed by atoms with E-state index in [0.717, 1.165) is 27.2 Å². The van der Waals surface area contributed by atoms with Crippen LogP contribution in [0.4, 0.5) is 0 Å². The van der Waals surface area contributed by atoms with Crippen LogP contribution >= 0.6 is 31.9 Å². The Labute approximate surface area is 162 Å². The molecule has 2 unspecified atom stereocenters. The molecule has 24 heavy (non-hydrogen) atoms. The first kappa shape index (κ1) is 17.4. The van der Waals surface area contributed by atoms with Crippen LogP contribution in [0, 0.1) is 16.7 Å². The summed E-state index contributed by atoms with van der Waals surface area (Å²) in [5, 5.41) is 4.00. The van der Waals surface area contributed by atoms with Crippen LogP contribution in [0.15, 0.2) is 21.1 Å². The van der Waals surface area contributed by atoms with Gasteiger partial charge in [0, 0.05) is 12.1 Å². The molecule has 5 rings (SSSR count). The molecule has 1 N–H and O–H groups in total. The maximum absolute atomic E-state index is 5.42. The van der Waals surface area contributed by atoms with Gasteiger partial charge in [-0.3, -0.25) is 0 Å². The number of halogens is 2. The second-order valence-electron chi connectivity index (χ2n) is 9.36. The largest absolute Gasteiger partial charge is 0.494 e. The van der Waals surface area contributed by atoms with E-state index in [-0.39, 0.29) is 0 Å². The average molecular weight is 457 g/mol. The van der Waals surface area contributed by atoms with Gasteiger partial charge in [-0.1, -0.05) is 13.8 Å². The molecule has 0 spiro atoms. The van der Waals surface area contributed by atoms with Crippen molar-refractivity contribution in [2.24, 2.45) is 16.7 Å². The van der Waals surface area contributed by atoms with Crippen molar-refractivity contribution in [1.82, 2.24) is 5.32 Å². The maximum atomic E-state index is 5.42. The Morgan fingerprint density at radius 2 is 1.62 bits per heavy atom. The Morgan fingerprint density at radius 3 is 2.12 bits per heavy atom. The Kier molecular flexibility index (Phi) is 4.14. The van der Waals surface area contributed by atoms with Crippen molar-refractivity contribution in [3.8, 4) is 5.75 Å². The first-order valence-electron chi connectivity index (χ1n) is 9.01. The van der Waals surface area contributed by atoms with Gasteiger partial charge in [-0.15, -0.1) is 0 Å². The third kappa shape index (κ3) is 2.97. The first-order valence-corrected chi connectivity index (χ1v) is 10.6. The molecule has 1 aromatic rings. The van der Waals surface area contributed by atoms with Gasteiger partial charge in [0.05, 0.1) is 16.1 Å². The molecule has 4 aliphatic rings. The standard InChI is InChI=1S/C20H27Br2NO/c1-18-6-14-7-19(2,10-18)12-20(8-14,11-18)23-9-13-4-15(21)17(24-3)16(22)5-13/h4-5,14,23H,6-12H2,1-3H3.